The van der Waals surface area contributed by atoms with Crippen molar-refractivity contribution in [1.29, 1.82) is 0 Å². The molecule has 3 rings (SSSR count). The number of benzene rings is 2. The number of halogens is 1. The fourth-order valence-electron chi connectivity index (χ4n) is 2.03. The lowest BCUT2D eigenvalue weighted by molar-refractivity contribution is -0.0424. The SMILES string of the molecule is OC(O)c1cccc(-n2ncc3cc(I)ccc32)c1. The lowest BCUT2D eigenvalue weighted by atomic mass is 10.2. The molecule has 4 nitrogen and oxygen atoms in total. The monoisotopic (exact) mass is 366 g/mol. The number of fused-ring (bicyclic) bond motifs is 1. The third-order valence-corrected chi connectivity index (χ3v) is 3.61. The van der Waals surface area contributed by atoms with Gasteiger partial charge in [-0.1, -0.05) is 12.1 Å². The summed E-state index contributed by atoms with van der Waals surface area (Å²) >= 11 is 2.26. The van der Waals surface area contributed by atoms with Gasteiger partial charge in [0.05, 0.1) is 17.4 Å². The molecule has 0 spiro atoms. The molecule has 0 aliphatic carbocycles. The molecule has 19 heavy (non-hydrogen) atoms. The highest BCUT2D eigenvalue weighted by atomic mass is 127. The fraction of sp³-hybridized carbons (Fsp3) is 0.0714. The van der Waals surface area contributed by atoms with Crippen LogP contribution in [-0.4, -0.2) is 20.0 Å². The number of rotatable bonds is 2. The molecule has 0 aliphatic rings. The molecule has 2 N–H and O–H groups in total. The maximum atomic E-state index is 9.22. The van der Waals surface area contributed by atoms with Crippen LogP contribution in [0.3, 0.4) is 0 Å². The predicted octanol–water partition coefficient (Wildman–Crippen LogP) is 2.61. The molecule has 0 amide bonds. The number of aliphatic hydroxyl groups excluding tert-OH is 1. The van der Waals surface area contributed by atoms with E-state index in [1.54, 1.807) is 29.1 Å². The van der Waals surface area contributed by atoms with Gasteiger partial charge in [0.1, 0.15) is 0 Å². The van der Waals surface area contributed by atoms with Gasteiger partial charge in [0, 0.05) is 14.5 Å². The highest BCUT2D eigenvalue weighted by Crippen LogP contribution is 2.22. The topological polar surface area (TPSA) is 58.3 Å². The summed E-state index contributed by atoms with van der Waals surface area (Å²) < 4.78 is 2.95. The number of hydrogen-bond acceptors (Lipinski definition) is 3. The minimum Gasteiger partial charge on any atom is -0.364 e. The lowest BCUT2D eigenvalue weighted by Gasteiger charge is -2.08. The van der Waals surface area contributed by atoms with Gasteiger partial charge in [0.15, 0.2) is 6.29 Å². The van der Waals surface area contributed by atoms with E-state index in [0.29, 0.717) is 5.56 Å². The van der Waals surface area contributed by atoms with E-state index < -0.39 is 6.29 Å². The van der Waals surface area contributed by atoms with Gasteiger partial charge < -0.3 is 10.2 Å². The van der Waals surface area contributed by atoms with Crippen molar-refractivity contribution in [2.24, 2.45) is 0 Å². The summed E-state index contributed by atoms with van der Waals surface area (Å²) in [6.07, 6.45) is 0.335. The average Bonchev–Trinajstić information content (AvgIpc) is 2.81. The molecule has 0 unspecified atom stereocenters. The van der Waals surface area contributed by atoms with Crippen molar-refractivity contribution in [1.82, 2.24) is 9.78 Å². The third kappa shape index (κ3) is 2.36. The molecule has 1 heterocycles. The quantitative estimate of drug-likeness (QED) is 0.542. The minimum atomic E-state index is -1.47. The van der Waals surface area contributed by atoms with Crippen molar-refractivity contribution in [3.63, 3.8) is 0 Å². The van der Waals surface area contributed by atoms with Gasteiger partial charge in [-0.25, -0.2) is 4.68 Å². The summed E-state index contributed by atoms with van der Waals surface area (Å²) in [5.74, 6) is 0. The Bertz CT molecular complexity index is 737. The molecule has 0 radical (unpaired) electrons. The molecule has 2 aromatic carbocycles. The molecule has 5 heteroatoms. The van der Waals surface area contributed by atoms with E-state index in [2.05, 4.69) is 33.8 Å². The second kappa shape index (κ2) is 4.92. The van der Waals surface area contributed by atoms with E-state index in [-0.39, 0.29) is 0 Å². The van der Waals surface area contributed by atoms with Gasteiger partial charge in [-0.15, -0.1) is 0 Å². The van der Waals surface area contributed by atoms with Crippen LogP contribution in [0.4, 0.5) is 0 Å². The zero-order valence-electron chi connectivity index (χ0n) is 9.86. The molecule has 0 aliphatic heterocycles. The second-order valence-electron chi connectivity index (χ2n) is 4.23. The molecular formula is C14H11IN2O2. The first-order chi connectivity index (χ1) is 9.15. The van der Waals surface area contributed by atoms with Crippen LogP contribution in [0, 0.1) is 3.57 Å². The Balaban J connectivity index is 2.16. The first kappa shape index (κ1) is 12.6. The van der Waals surface area contributed by atoms with Crippen LogP contribution in [0.1, 0.15) is 11.9 Å². The van der Waals surface area contributed by atoms with Crippen molar-refractivity contribution in [3.05, 3.63) is 57.8 Å². The highest BCUT2D eigenvalue weighted by Gasteiger charge is 2.08. The molecule has 0 saturated carbocycles. The van der Waals surface area contributed by atoms with Gasteiger partial charge >= 0.3 is 0 Å². The zero-order chi connectivity index (χ0) is 13.4. The van der Waals surface area contributed by atoms with Crippen molar-refractivity contribution in [2.45, 2.75) is 6.29 Å². The van der Waals surface area contributed by atoms with Crippen LogP contribution in [0.25, 0.3) is 16.6 Å². The van der Waals surface area contributed by atoms with Crippen LogP contribution >= 0.6 is 22.6 Å². The van der Waals surface area contributed by atoms with E-state index in [1.165, 1.54) is 0 Å². The van der Waals surface area contributed by atoms with E-state index >= 15 is 0 Å². The number of nitrogens with zero attached hydrogens (tertiary/aromatic N) is 2. The third-order valence-electron chi connectivity index (χ3n) is 2.94. The van der Waals surface area contributed by atoms with Gasteiger partial charge in [-0.3, -0.25) is 0 Å². The highest BCUT2D eigenvalue weighted by molar-refractivity contribution is 14.1. The van der Waals surface area contributed by atoms with Crippen LogP contribution in [0.5, 0.6) is 0 Å². The number of aliphatic hydroxyl groups is 2. The van der Waals surface area contributed by atoms with Crippen molar-refractivity contribution in [2.75, 3.05) is 0 Å². The largest absolute Gasteiger partial charge is 0.364 e. The minimum absolute atomic E-state index is 0.451. The van der Waals surface area contributed by atoms with Gasteiger partial charge in [0.25, 0.3) is 0 Å². The molecular weight excluding hydrogens is 355 g/mol. The zero-order valence-corrected chi connectivity index (χ0v) is 12.0. The summed E-state index contributed by atoms with van der Waals surface area (Å²) in [7, 11) is 0. The van der Waals surface area contributed by atoms with Gasteiger partial charge in [-0.2, -0.15) is 5.10 Å². The smallest absolute Gasteiger partial charge is 0.178 e. The van der Waals surface area contributed by atoms with E-state index in [0.717, 1.165) is 20.2 Å². The lowest BCUT2D eigenvalue weighted by Crippen LogP contribution is -2.00. The average molecular weight is 366 g/mol. The normalized spacial score (nSPS) is 11.4. The summed E-state index contributed by atoms with van der Waals surface area (Å²) in [6.45, 7) is 0. The Morgan fingerprint density at radius 1 is 1.11 bits per heavy atom. The Labute approximate surface area is 123 Å². The van der Waals surface area contributed by atoms with Crippen LogP contribution in [0.2, 0.25) is 0 Å². The Hall–Kier alpha value is -1.44. The maximum absolute atomic E-state index is 9.22. The summed E-state index contributed by atoms with van der Waals surface area (Å²) in [4.78, 5) is 0. The van der Waals surface area contributed by atoms with Crippen molar-refractivity contribution < 1.29 is 10.2 Å². The molecule has 0 atom stereocenters. The van der Waals surface area contributed by atoms with Crippen molar-refractivity contribution >= 4 is 33.5 Å². The van der Waals surface area contributed by atoms with Crippen LogP contribution in [-0.2, 0) is 0 Å². The molecule has 1 aromatic heterocycles. The summed E-state index contributed by atoms with van der Waals surface area (Å²) in [5.41, 5.74) is 2.25. The predicted molar refractivity (Wildman–Crippen MR) is 81.0 cm³/mol. The number of aromatic nitrogens is 2. The van der Waals surface area contributed by atoms with Crippen LogP contribution in [0.15, 0.2) is 48.7 Å². The molecule has 96 valence electrons. The first-order valence-corrected chi connectivity index (χ1v) is 6.83. The Morgan fingerprint density at radius 2 is 1.95 bits per heavy atom. The van der Waals surface area contributed by atoms with E-state index in [1.807, 2.05) is 18.2 Å². The van der Waals surface area contributed by atoms with Gasteiger partial charge in [0.2, 0.25) is 0 Å². The van der Waals surface area contributed by atoms with E-state index in [4.69, 9.17) is 0 Å². The van der Waals surface area contributed by atoms with Gasteiger partial charge in [-0.05, 0) is 52.9 Å². The fourth-order valence-corrected chi connectivity index (χ4v) is 2.54. The Kier molecular flexibility index (Phi) is 3.26. The Morgan fingerprint density at radius 3 is 2.74 bits per heavy atom. The number of hydrogen-bond donors (Lipinski definition) is 2. The molecule has 0 bridgehead atoms. The van der Waals surface area contributed by atoms with Crippen LogP contribution < -0.4 is 0 Å². The molecule has 3 aromatic rings. The standard InChI is InChI=1S/C14H11IN2O2/c15-11-4-5-13-10(6-11)8-16-17(13)12-3-1-2-9(7-12)14(18)19/h1-8,14,18-19H. The summed E-state index contributed by atoms with van der Waals surface area (Å²) in [6, 6.07) is 13.1. The second-order valence-corrected chi connectivity index (χ2v) is 5.47. The molecule has 0 fully saturated rings. The van der Waals surface area contributed by atoms with Crippen molar-refractivity contribution in [3.8, 4) is 5.69 Å². The first-order valence-electron chi connectivity index (χ1n) is 5.75. The van der Waals surface area contributed by atoms with E-state index in [9.17, 15) is 10.2 Å². The maximum Gasteiger partial charge on any atom is 0.178 e. The molecule has 0 saturated heterocycles. The summed E-state index contributed by atoms with van der Waals surface area (Å²) in [5, 5.41) is 23.9.